The second-order valence-corrected chi connectivity index (χ2v) is 7.23. The van der Waals surface area contributed by atoms with Gasteiger partial charge in [0.05, 0.1) is 25.7 Å². The first-order valence-electron chi connectivity index (χ1n) is 5.25. The van der Waals surface area contributed by atoms with Crippen LogP contribution in [0.2, 0.25) is 0 Å². The van der Waals surface area contributed by atoms with Crippen molar-refractivity contribution >= 4 is 20.2 Å². The van der Waals surface area contributed by atoms with E-state index in [2.05, 4.69) is 8.37 Å². The summed E-state index contributed by atoms with van der Waals surface area (Å²) < 4.78 is 53.2. The van der Waals surface area contributed by atoms with Crippen LogP contribution in [0.1, 0.15) is 0 Å². The zero-order valence-electron chi connectivity index (χ0n) is 10.8. The van der Waals surface area contributed by atoms with Gasteiger partial charge >= 0.3 is 0 Å². The van der Waals surface area contributed by atoms with E-state index in [1.165, 1.54) is 0 Å². The summed E-state index contributed by atoms with van der Waals surface area (Å²) in [6.07, 6.45) is -6.34. The highest BCUT2D eigenvalue weighted by Crippen LogP contribution is 2.17. The molecular weight excluding hydrogens is 320 g/mol. The molecule has 0 fully saturated rings. The van der Waals surface area contributed by atoms with Gasteiger partial charge in [-0.15, -0.1) is 0 Å². The van der Waals surface area contributed by atoms with Gasteiger partial charge in [-0.25, -0.2) is 0 Å². The first-order valence-corrected chi connectivity index (χ1v) is 8.89. The van der Waals surface area contributed by atoms with Crippen molar-refractivity contribution in [2.45, 2.75) is 24.4 Å². The molecule has 0 unspecified atom stereocenters. The molecule has 0 aromatic carbocycles. The highest BCUT2D eigenvalue weighted by atomic mass is 32.2. The van der Waals surface area contributed by atoms with E-state index >= 15 is 0 Å². The lowest BCUT2D eigenvalue weighted by molar-refractivity contribution is -0.0982. The number of aliphatic hydroxyl groups excluding tert-OH is 4. The van der Waals surface area contributed by atoms with E-state index in [1.807, 2.05) is 0 Å². The van der Waals surface area contributed by atoms with Crippen LogP contribution in [0.3, 0.4) is 0 Å². The van der Waals surface area contributed by atoms with Crippen LogP contribution in [0.15, 0.2) is 0 Å². The van der Waals surface area contributed by atoms with Gasteiger partial charge < -0.3 is 20.4 Å². The Kier molecular flexibility index (Phi) is 7.48. The summed E-state index contributed by atoms with van der Waals surface area (Å²) in [6, 6.07) is 0. The lowest BCUT2D eigenvalue weighted by Crippen LogP contribution is -2.51. The maximum Gasteiger partial charge on any atom is 0.264 e. The van der Waals surface area contributed by atoms with E-state index in [1.54, 1.807) is 0 Å². The molecule has 0 radical (unpaired) electrons. The molecule has 0 aliphatic carbocycles. The molecule has 0 bridgehead atoms. The van der Waals surface area contributed by atoms with Gasteiger partial charge in [0.15, 0.2) is 0 Å². The molecule has 12 heteroatoms. The van der Waals surface area contributed by atoms with Gasteiger partial charge in [-0.05, 0) is 0 Å². The van der Waals surface area contributed by atoms with Crippen molar-refractivity contribution in [3.05, 3.63) is 0 Å². The molecule has 122 valence electrons. The van der Waals surface area contributed by atoms with Gasteiger partial charge in [0.25, 0.3) is 20.2 Å². The minimum atomic E-state index is -4.16. The fraction of sp³-hybridized carbons (Fsp3) is 1.00. The van der Waals surface area contributed by atoms with Crippen molar-refractivity contribution in [2.24, 2.45) is 0 Å². The van der Waals surface area contributed by atoms with Crippen LogP contribution in [-0.4, -0.2) is 87.4 Å². The van der Waals surface area contributed by atoms with E-state index in [9.17, 15) is 27.0 Å². The Bertz CT molecular complexity index is 437. The van der Waals surface area contributed by atoms with Gasteiger partial charge in [0.2, 0.25) is 0 Å². The molecule has 0 rings (SSSR count). The summed E-state index contributed by atoms with van der Waals surface area (Å²) in [6.45, 7) is -1.97. The highest BCUT2D eigenvalue weighted by Gasteiger charge is 2.39. The number of hydrogen-bond acceptors (Lipinski definition) is 10. The van der Waals surface area contributed by atoms with Crippen molar-refractivity contribution in [3.63, 3.8) is 0 Å². The van der Waals surface area contributed by atoms with Crippen LogP contribution in [-0.2, 0) is 28.6 Å². The maximum atomic E-state index is 11.1. The lowest BCUT2D eigenvalue weighted by atomic mass is 10.0. The fourth-order valence-electron chi connectivity index (χ4n) is 1.29. The Balaban J connectivity index is 5.49. The van der Waals surface area contributed by atoms with Crippen LogP contribution in [0.25, 0.3) is 0 Å². The van der Waals surface area contributed by atoms with Crippen LogP contribution in [0.4, 0.5) is 0 Å². The Morgan fingerprint density at radius 1 is 0.800 bits per heavy atom. The topological polar surface area (TPSA) is 168 Å². The highest BCUT2D eigenvalue weighted by molar-refractivity contribution is 7.86. The third kappa shape index (κ3) is 7.44. The molecule has 0 saturated heterocycles. The molecule has 0 amide bonds. The lowest BCUT2D eigenvalue weighted by Gasteiger charge is -2.30. The van der Waals surface area contributed by atoms with Crippen LogP contribution >= 0.6 is 0 Å². The molecule has 4 atom stereocenters. The molecule has 0 heterocycles. The monoisotopic (exact) mass is 338 g/mol. The molecule has 0 aromatic rings. The average Bonchev–Trinajstić information content (AvgIpc) is 2.29. The second-order valence-electron chi connectivity index (χ2n) is 4.03. The largest absolute Gasteiger partial charge is 0.394 e. The SMILES string of the molecule is CS(=O)(=O)O[C@H]([C@H](OS(C)(=O)=O)[C@H](O)CO)[C@@H](O)CO. The van der Waals surface area contributed by atoms with Gasteiger partial charge in [-0.3, -0.25) is 8.37 Å². The summed E-state index contributed by atoms with van der Waals surface area (Å²) in [5, 5.41) is 36.6. The van der Waals surface area contributed by atoms with Crippen molar-refractivity contribution in [2.75, 3.05) is 25.7 Å². The minimum Gasteiger partial charge on any atom is -0.394 e. The molecule has 0 aliphatic rings. The van der Waals surface area contributed by atoms with Gasteiger partial charge in [-0.1, -0.05) is 0 Å². The van der Waals surface area contributed by atoms with Crippen molar-refractivity contribution < 1.29 is 45.6 Å². The minimum absolute atomic E-state index is 0.618. The van der Waals surface area contributed by atoms with E-state index in [-0.39, 0.29) is 0 Å². The normalized spacial score (nSPS) is 19.3. The summed E-state index contributed by atoms with van der Waals surface area (Å²) >= 11 is 0. The van der Waals surface area contributed by atoms with Crippen LogP contribution in [0, 0.1) is 0 Å². The number of aliphatic hydroxyl groups is 4. The first kappa shape index (κ1) is 19.7. The van der Waals surface area contributed by atoms with E-state index in [0.29, 0.717) is 12.5 Å². The maximum absolute atomic E-state index is 11.1. The van der Waals surface area contributed by atoms with E-state index < -0.39 is 57.9 Å². The van der Waals surface area contributed by atoms with Crippen molar-refractivity contribution in [3.8, 4) is 0 Å². The quantitative estimate of drug-likeness (QED) is 0.308. The summed E-state index contributed by atoms with van der Waals surface area (Å²) in [5.41, 5.74) is 0. The summed E-state index contributed by atoms with van der Waals surface area (Å²) in [4.78, 5) is 0. The fourth-order valence-corrected chi connectivity index (χ4v) is 2.57. The average molecular weight is 338 g/mol. The first-order chi connectivity index (χ1) is 8.91. The molecular formula is C8H18O10S2. The van der Waals surface area contributed by atoms with Gasteiger partial charge in [-0.2, -0.15) is 16.8 Å². The molecule has 0 aliphatic heterocycles. The molecule has 0 saturated carbocycles. The molecule has 0 aromatic heterocycles. The number of hydrogen-bond donors (Lipinski definition) is 4. The third-order valence-corrected chi connectivity index (χ3v) is 3.17. The Morgan fingerprint density at radius 3 is 1.20 bits per heavy atom. The summed E-state index contributed by atoms with van der Waals surface area (Å²) in [7, 11) is -8.32. The van der Waals surface area contributed by atoms with Gasteiger partial charge in [0.1, 0.15) is 24.4 Å². The smallest absolute Gasteiger partial charge is 0.264 e. The van der Waals surface area contributed by atoms with Gasteiger partial charge in [0, 0.05) is 0 Å². The predicted molar refractivity (Wildman–Crippen MR) is 65.6 cm³/mol. The van der Waals surface area contributed by atoms with E-state index in [4.69, 9.17) is 10.2 Å². The van der Waals surface area contributed by atoms with Crippen LogP contribution < -0.4 is 0 Å². The summed E-state index contributed by atoms with van der Waals surface area (Å²) in [5.74, 6) is 0. The Morgan fingerprint density at radius 2 is 1.05 bits per heavy atom. The zero-order valence-corrected chi connectivity index (χ0v) is 12.4. The molecule has 10 nitrogen and oxygen atoms in total. The Hall–Kier alpha value is -0.340. The van der Waals surface area contributed by atoms with E-state index in [0.717, 1.165) is 0 Å². The van der Waals surface area contributed by atoms with Crippen molar-refractivity contribution in [1.82, 2.24) is 0 Å². The Labute approximate surface area is 116 Å². The van der Waals surface area contributed by atoms with Crippen molar-refractivity contribution in [1.29, 1.82) is 0 Å². The van der Waals surface area contributed by atoms with Crippen LogP contribution in [0.5, 0.6) is 0 Å². The number of rotatable bonds is 9. The third-order valence-electron chi connectivity index (χ3n) is 2.03. The zero-order chi connectivity index (χ0) is 16.1. The molecule has 20 heavy (non-hydrogen) atoms. The molecule has 0 spiro atoms. The predicted octanol–water partition coefficient (Wildman–Crippen LogP) is -3.62. The second kappa shape index (κ2) is 7.61. The molecule has 4 N–H and O–H groups in total. The standard InChI is InChI=1S/C8H18O10S2/c1-19(13,14)17-7(5(11)3-9)8(6(12)4-10)18-20(2,15)16/h5-12H,3-4H2,1-2H3/t5-,6+,7-,8+.